The highest BCUT2D eigenvalue weighted by atomic mass is 14.8. The van der Waals surface area contributed by atoms with Crippen LogP contribution in [-0.4, -0.2) is 9.97 Å². The quantitative estimate of drug-likeness (QED) is 0.227. The molecule has 0 amide bonds. The molecule has 0 saturated carbocycles. The number of aromatic nitrogens is 2. The van der Waals surface area contributed by atoms with Gasteiger partial charge in [-0.25, -0.2) is 0 Å². The van der Waals surface area contributed by atoms with Gasteiger partial charge in [0.25, 0.3) is 0 Å². The highest BCUT2D eigenvalue weighted by Gasteiger charge is 2.29. The second-order valence-corrected chi connectivity index (χ2v) is 10.3. The van der Waals surface area contributed by atoms with Crippen LogP contribution in [0.25, 0.3) is 44.8 Å². The summed E-state index contributed by atoms with van der Waals surface area (Å²) in [5.74, 6) is 0. The zero-order chi connectivity index (χ0) is 26.7. The van der Waals surface area contributed by atoms with Gasteiger partial charge in [0, 0.05) is 27.7 Å². The summed E-state index contributed by atoms with van der Waals surface area (Å²) in [6, 6.07) is 50.6. The Morgan fingerprint density at radius 3 is 1.00 bits per heavy atom. The molecule has 2 heterocycles. The van der Waals surface area contributed by atoms with Crippen LogP contribution in [0, 0.1) is 0 Å². The molecule has 0 unspecified atom stereocenters. The lowest BCUT2D eigenvalue weighted by molar-refractivity contribution is 0.597. The molecule has 0 aliphatic rings. The minimum Gasteiger partial charge on any atom is -0.251 e. The third-order valence-corrected chi connectivity index (χ3v) is 7.34. The average Bonchev–Trinajstić information content (AvgIpc) is 3.02. The van der Waals surface area contributed by atoms with Crippen LogP contribution >= 0.6 is 0 Å². The van der Waals surface area contributed by atoms with Gasteiger partial charge in [-0.2, -0.15) is 0 Å². The van der Waals surface area contributed by atoms with Crippen molar-refractivity contribution < 1.29 is 0 Å². The Morgan fingerprint density at radius 2 is 0.667 bits per heavy atom. The smallest absolute Gasteiger partial charge is 0.0784 e. The van der Waals surface area contributed by atoms with E-state index >= 15 is 0 Å². The zero-order valence-electron chi connectivity index (χ0n) is 22.3. The van der Waals surface area contributed by atoms with Crippen molar-refractivity contribution in [1.29, 1.82) is 0 Å². The Kier molecular flexibility index (Phi) is 6.61. The van der Waals surface area contributed by atoms with E-state index < -0.39 is 5.41 Å². The van der Waals surface area contributed by atoms with Crippen LogP contribution in [0.2, 0.25) is 0 Å². The van der Waals surface area contributed by atoms with Gasteiger partial charge in [0.2, 0.25) is 0 Å². The minimum atomic E-state index is -0.419. The lowest BCUT2D eigenvalue weighted by atomic mass is 9.83. The SMILES string of the molecule is CC(C)(c1ccc(-c2ccccc2)c(-c2ccccc2)n1)c1ccc(-c2ccccc2)c(-c2ccccc2)n1. The Hall–Kier alpha value is -4.82. The number of pyridine rings is 2. The van der Waals surface area contributed by atoms with Crippen molar-refractivity contribution in [2.45, 2.75) is 19.3 Å². The van der Waals surface area contributed by atoms with Gasteiger partial charge in [-0.3, -0.25) is 9.97 Å². The van der Waals surface area contributed by atoms with E-state index in [2.05, 4.69) is 135 Å². The van der Waals surface area contributed by atoms with E-state index in [1.54, 1.807) is 0 Å². The molecule has 0 spiro atoms. The molecule has 188 valence electrons. The lowest BCUT2D eigenvalue weighted by Gasteiger charge is -2.26. The molecule has 2 nitrogen and oxygen atoms in total. The van der Waals surface area contributed by atoms with Gasteiger partial charge in [0.05, 0.1) is 22.8 Å². The molecular weight excluding hydrogens is 472 g/mol. The van der Waals surface area contributed by atoms with E-state index in [0.717, 1.165) is 56.2 Å². The van der Waals surface area contributed by atoms with E-state index in [1.807, 2.05) is 24.3 Å². The first kappa shape index (κ1) is 24.5. The number of benzene rings is 4. The molecule has 0 aliphatic heterocycles. The number of hydrogen-bond acceptors (Lipinski definition) is 2. The molecule has 2 aromatic heterocycles. The Morgan fingerprint density at radius 1 is 0.359 bits per heavy atom. The van der Waals surface area contributed by atoms with E-state index in [4.69, 9.17) is 9.97 Å². The van der Waals surface area contributed by atoms with Gasteiger partial charge in [0.1, 0.15) is 0 Å². The first-order valence-corrected chi connectivity index (χ1v) is 13.4. The highest BCUT2D eigenvalue weighted by molar-refractivity contribution is 5.82. The second kappa shape index (κ2) is 10.5. The standard InChI is InChI=1S/C37H30N2/c1-37(2,33-25-23-31(27-15-7-3-8-16-27)35(38-33)29-19-11-5-12-20-29)34-26-24-32(28-17-9-4-10-18-28)36(39-34)30-21-13-6-14-22-30/h3-26H,1-2H3. The first-order chi connectivity index (χ1) is 19.1. The summed E-state index contributed by atoms with van der Waals surface area (Å²) in [5, 5.41) is 0. The summed E-state index contributed by atoms with van der Waals surface area (Å²) in [6.45, 7) is 4.43. The molecule has 6 rings (SSSR count). The van der Waals surface area contributed by atoms with E-state index in [-0.39, 0.29) is 0 Å². The van der Waals surface area contributed by atoms with E-state index in [1.165, 1.54) is 0 Å². The van der Waals surface area contributed by atoms with Gasteiger partial charge in [0.15, 0.2) is 0 Å². The van der Waals surface area contributed by atoms with Crippen LogP contribution in [0.1, 0.15) is 25.2 Å². The molecular formula is C37H30N2. The summed E-state index contributed by atoms with van der Waals surface area (Å²) in [5.41, 5.74) is 10.3. The first-order valence-electron chi connectivity index (χ1n) is 13.4. The van der Waals surface area contributed by atoms with Crippen molar-refractivity contribution in [3.63, 3.8) is 0 Å². The minimum absolute atomic E-state index is 0.419. The summed E-state index contributed by atoms with van der Waals surface area (Å²) >= 11 is 0. The molecule has 0 radical (unpaired) electrons. The zero-order valence-corrected chi connectivity index (χ0v) is 22.3. The maximum atomic E-state index is 5.31. The van der Waals surface area contributed by atoms with Gasteiger partial charge in [-0.1, -0.05) is 133 Å². The predicted octanol–water partition coefficient (Wildman–Crippen LogP) is 9.47. The lowest BCUT2D eigenvalue weighted by Crippen LogP contribution is -2.23. The van der Waals surface area contributed by atoms with Gasteiger partial charge in [-0.05, 0) is 37.1 Å². The Bertz CT molecular complexity index is 1560. The van der Waals surface area contributed by atoms with Crippen LogP contribution in [0.4, 0.5) is 0 Å². The van der Waals surface area contributed by atoms with Gasteiger partial charge in [-0.15, -0.1) is 0 Å². The van der Waals surface area contributed by atoms with E-state index in [0.29, 0.717) is 0 Å². The summed E-state index contributed by atoms with van der Waals surface area (Å²) < 4.78 is 0. The number of hydrogen-bond donors (Lipinski definition) is 0. The van der Waals surface area contributed by atoms with Crippen molar-refractivity contribution in [3.05, 3.63) is 157 Å². The van der Waals surface area contributed by atoms with Crippen LogP contribution < -0.4 is 0 Å². The van der Waals surface area contributed by atoms with Crippen LogP contribution in [0.5, 0.6) is 0 Å². The van der Waals surface area contributed by atoms with Crippen molar-refractivity contribution in [2.75, 3.05) is 0 Å². The maximum Gasteiger partial charge on any atom is 0.0784 e. The van der Waals surface area contributed by atoms with Crippen LogP contribution in [0.15, 0.2) is 146 Å². The van der Waals surface area contributed by atoms with Crippen molar-refractivity contribution in [1.82, 2.24) is 9.97 Å². The topological polar surface area (TPSA) is 25.8 Å². The number of rotatable bonds is 6. The van der Waals surface area contributed by atoms with Gasteiger partial charge >= 0.3 is 0 Å². The molecule has 0 saturated heterocycles. The normalized spacial score (nSPS) is 11.3. The second-order valence-electron chi connectivity index (χ2n) is 10.3. The van der Waals surface area contributed by atoms with Crippen molar-refractivity contribution in [3.8, 4) is 44.8 Å². The Labute approximate surface area is 230 Å². The molecule has 0 N–H and O–H groups in total. The molecule has 0 atom stereocenters. The van der Waals surface area contributed by atoms with Crippen LogP contribution in [0.3, 0.4) is 0 Å². The predicted molar refractivity (Wildman–Crippen MR) is 162 cm³/mol. The average molecular weight is 503 g/mol. The number of nitrogens with zero attached hydrogens (tertiary/aromatic N) is 2. The molecule has 0 bridgehead atoms. The Balaban J connectivity index is 1.50. The highest BCUT2D eigenvalue weighted by Crippen LogP contribution is 2.38. The van der Waals surface area contributed by atoms with Crippen molar-refractivity contribution in [2.24, 2.45) is 0 Å². The third kappa shape index (κ3) is 4.89. The van der Waals surface area contributed by atoms with E-state index in [9.17, 15) is 0 Å². The van der Waals surface area contributed by atoms with Crippen LogP contribution in [-0.2, 0) is 5.41 Å². The molecule has 39 heavy (non-hydrogen) atoms. The molecule has 4 aromatic carbocycles. The summed E-state index contributed by atoms with van der Waals surface area (Å²) in [7, 11) is 0. The fourth-order valence-electron chi connectivity index (χ4n) is 5.08. The monoisotopic (exact) mass is 502 g/mol. The molecule has 0 fully saturated rings. The maximum absolute atomic E-state index is 5.31. The fraction of sp³-hybridized carbons (Fsp3) is 0.0811. The third-order valence-electron chi connectivity index (χ3n) is 7.34. The summed E-state index contributed by atoms with van der Waals surface area (Å²) in [6.07, 6.45) is 0. The van der Waals surface area contributed by atoms with Crippen molar-refractivity contribution >= 4 is 0 Å². The van der Waals surface area contributed by atoms with Gasteiger partial charge < -0.3 is 0 Å². The summed E-state index contributed by atoms with van der Waals surface area (Å²) in [4.78, 5) is 10.6. The molecule has 0 aliphatic carbocycles. The largest absolute Gasteiger partial charge is 0.251 e. The fourth-order valence-corrected chi connectivity index (χ4v) is 5.08. The molecule has 6 aromatic rings. The molecule has 2 heteroatoms.